The maximum absolute atomic E-state index is 13.2. The van der Waals surface area contributed by atoms with E-state index in [0.717, 1.165) is 30.5 Å². The summed E-state index contributed by atoms with van der Waals surface area (Å²) in [7, 11) is 0. The summed E-state index contributed by atoms with van der Waals surface area (Å²) in [5.41, 5.74) is 1.84. The molecule has 0 aromatic heterocycles. The molecule has 4 heteroatoms. The van der Waals surface area contributed by atoms with Gasteiger partial charge in [0.2, 0.25) is 0 Å². The van der Waals surface area contributed by atoms with Crippen LogP contribution in [0, 0.1) is 11.6 Å². The lowest BCUT2D eigenvalue weighted by Gasteiger charge is -2.16. The van der Waals surface area contributed by atoms with Crippen molar-refractivity contribution in [3.05, 3.63) is 59.7 Å². The van der Waals surface area contributed by atoms with E-state index in [0.29, 0.717) is 5.56 Å². The highest BCUT2D eigenvalue weighted by Crippen LogP contribution is 2.37. The molecule has 88 valence electrons. The molecule has 1 saturated heterocycles. The molecule has 1 aromatic carbocycles. The topological polar surface area (TPSA) is 15.3 Å². The monoisotopic (exact) mass is 234 g/mol. The number of nitrogens with one attached hydrogen (secondary N) is 1. The zero-order chi connectivity index (χ0) is 12.0. The predicted molar refractivity (Wildman–Crippen MR) is 60.8 cm³/mol. The van der Waals surface area contributed by atoms with Crippen molar-refractivity contribution in [3.8, 4) is 0 Å². The van der Waals surface area contributed by atoms with Gasteiger partial charge in [0.25, 0.3) is 0 Å². The first-order valence-electron chi connectivity index (χ1n) is 5.51. The third-order valence-corrected chi connectivity index (χ3v) is 3.29. The van der Waals surface area contributed by atoms with Gasteiger partial charge in [0.15, 0.2) is 0 Å². The lowest BCUT2D eigenvalue weighted by molar-refractivity contribution is 0.477. The molecular weight excluding hydrogens is 222 g/mol. The van der Waals surface area contributed by atoms with Gasteiger partial charge in [-0.1, -0.05) is 6.58 Å². The summed E-state index contributed by atoms with van der Waals surface area (Å²) in [6, 6.07) is 3.72. The molecule has 0 bridgehead atoms. The van der Waals surface area contributed by atoms with Crippen molar-refractivity contribution < 1.29 is 8.78 Å². The van der Waals surface area contributed by atoms with E-state index < -0.39 is 11.6 Å². The van der Waals surface area contributed by atoms with E-state index in [-0.39, 0.29) is 5.92 Å². The summed E-state index contributed by atoms with van der Waals surface area (Å²) in [5, 5.41) is 3.04. The molecule has 0 aliphatic carbocycles. The summed E-state index contributed by atoms with van der Waals surface area (Å²) in [4.78, 5) is 2.05. The van der Waals surface area contributed by atoms with Crippen molar-refractivity contribution in [1.82, 2.24) is 10.2 Å². The third-order valence-electron chi connectivity index (χ3n) is 3.29. The zero-order valence-corrected chi connectivity index (χ0v) is 9.21. The molecule has 17 heavy (non-hydrogen) atoms. The summed E-state index contributed by atoms with van der Waals surface area (Å²) >= 11 is 0. The Balaban J connectivity index is 1.89. The van der Waals surface area contributed by atoms with Gasteiger partial charge in [-0.3, -0.25) is 0 Å². The van der Waals surface area contributed by atoms with Crippen LogP contribution >= 0.6 is 0 Å². The number of nitrogens with zero attached hydrogens (tertiary/aromatic N) is 1. The normalized spacial score (nSPS) is 22.5. The van der Waals surface area contributed by atoms with Gasteiger partial charge in [0, 0.05) is 30.4 Å². The minimum atomic E-state index is -0.516. The molecule has 0 unspecified atom stereocenters. The summed E-state index contributed by atoms with van der Waals surface area (Å²) in [6.45, 7) is 4.60. The number of hydrogen-bond acceptors (Lipinski definition) is 2. The SMILES string of the molecule is C=C1NC=C2C[C@@H](c3cc(F)cc(F)c3)CN12. The van der Waals surface area contributed by atoms with Crippen LogP contribution in [0.15, 0.2) is 42.5 Å². The zero-order valence-electron chi connectivity index (χ0n) is 9.21. The van der Waals surface area contributed by atoms with Crippen molar-refractivity contribution in [2.75, 3.05) is 6.54 Å². The second-order valence-corrected chi connectivity index (χ2v) is 4.44. The molecule has 0 radical (unpaired) electrons. The Kier molecular flexibility index (Phi) is 2.18. The maximum Gasteiger partial charge on any atom is 0.126 e. The first-order chi connectivity index (χ1) is 8.13. The third kappa shape index (κ3) is 1.69. The average molecular weight is 234 g/mol. The molecule has 2 aliphatic rings. The largest absolute Gasteiger partial charge is 0.347 e. The Labute approximate surface area is 98.2 Å². The van der Waals surface area contributed by atoms with Gasteiger partial charge < -0.3 is 10.2 Å². The van der Waals surface area contributed by atoms with Crippen LogP contribution in [0.4, 0.5) is 8.78 Å². The van der Waals surface area contributed by atoms with E-state index in [1.807, 2.05) is 11.1 Å². The number of allylic oxidation sites excluding steroid dienone is 1. The highest BCUT2D eigenvalue weighted by atomic mass is 19.1. The minimum Gasteiger partial charge on any atom is -0.347 e. The second kappa shape index (κ2) is 3.58. The van der Waals surface area contributed by atoms with E-state index >= 15 is 0 Å². The Hall–Kier alpha value is -1.84. The molecule has 0 amide bonds. The van der Waals surface area contributed by atoms with Crippen molar-refractivity contribution >= 4 is 0 Å². The minimum absolute atomic E-state index is 0.130. The summed E-state index contributed by atoms with van der Waals surface area (Å²) in [5.74, 6) is -0.0688. The lowest BCUT2D eigenvalue weighted by atomic mass is 9.97. The van der Waals surface area contributed by atoms with Crippen molar-refractivity contribution in [2.45, 2.75) is 12.3 Å². The van der Waals surface area contributed by atoms with Gasteiger partial charge in [0.05, 0.1) is 0 Å². The van der Waals surface area contributed by atoms with Crippen molar-refractivity contribution in [1.29, 1.82) is 0 Å². The van der Waals surface area contributed by atoms with E-state index in [2.05, 4.69) is 11.9 Å². The molecule has 2 aliphatic heterocycles. The van der Waals surface area contributed by atoms with Crippen LogP contribution in [0.1, 0.15) is 17.9 Å². The molecule has 2 heterocycles. The highest BCUT2D eigenvalue weighted by Gasteiger charge is 2.32. The lowest BCUT2D eigenvalue weighted by Crippen LogP contribution is -2.18. The van der Waals surface area contributed by atoms with Crippen LogP contribution in [0.25, 0.3) is 0 Å². The summed E-state index contributed by atoms with van der Waals surface area (Å²) < 4.78 is 26.3. The quantitative estimate of drug-likeness (QED) is 0.803. The molecule has 1 fully saturated rings. The number of hydrogen-bond donors (Lipinski definition) is 1. The van der Waals surface area contributed by atoms with E-state index in [1.165, 1.54) is 12.1 Å². The smallest absolute Gasteiger partial charge is 0.126 e. The van der Waals surface area contributed by atoms with Crippen LogP contribution in [-0.4, -0.2) is 11.4 Å². The van der Waals surface area contributed by atoms with Gasteiger partial charge in [-0.15, -0.1) is 0 Å². The average Bonchev–Trinajstić information content (AvgIpc) is 2.80. The second-order valence-electron chi connectivity index (χ2n) is 4.44. The molecule has 0 spiro atoms. The van der Waals surface area contributed by atoms with Gasteiger partial charge in [-0.25, -0.2) is 8.78 Å². The fourth-order valence-electron chi connectivity index (χ4n) is 2.46. The Morgan fingerprint density at radius 3 is 2.59 bits per heavy atom. The fraction of sp³-hybridized carbons (Fsp3) is 0.231. The molecule has 1 aromatic rings. The van der Waals surface area contributed by atoms with Gasteiger partial charge >= 0.3 is 0 Å². The van der Waals surface area contributed by atoms with Crippen LogP contribution in [0.2, 0.25) is 0 Å². The van der Waals surface area contributed by atoms with Crippen molar-refractivity contribution in [2.24, 2.45) is 0 Å². The van der Waals surface area contributed by atoms with Crippen LogP contribution in [0.3, 0.4) is 0 Å². The van der Waals surface area contributed by atoms with Gasteiger partial charge in [-0.2, -0.15) is 0 Å². The molecule has 2 nitrogen and oxygen atoms in total. The molecule has 3 rings (SSSR count). The van der Waals surface area contributed by atoms with Crippen LogP contribution < -0.4 is 5.32 Å². The Morgan fingerprint density at radius 2 is 1.94 bits per heavy atom. The maximum atomic E-state index is 13.2. The number of benzene rings is 1. The number of fused-ring (bicyclic) bond motifs is 1. The van der Waals surface area contributed by atoms with Crippen LogP contribution in [0.5, 0.6) is 0 Å². The summed E-state index contributed by atoms with van der Waals surface area (Å²) in [6.07, 6.45) is 2.69. The van der Waals surface area contributed by atoms with Crippen LogP contribution in [-0.2, 0) is 0 Å². The fourth-order valence-corrected chi connectivity index (χ4v) is 2.46. The van der Waals surface area contributed by atoms with Gasteiger partial charge in [-0.05, 0) is 24.1 Å². The molecular formula is C13H12F2N2. The van der Waals surface area contributed by atoms with Gasteiger partial charge in [0.1, 0.15) is 17.5 Å². The van der Waals surface area contributed by atoms with E-state index in [4.69, 9.17) is 0 Å². The molecule has 1 atom stereocenters. The highest BCUT2D eigenvalue weighted by molar-refractivity contribution is 5.31. The first kappa shape index (κ1) is 10.3. The molecule has 0 saturated carbocycles. The Bertz CT molecular complexity index is 502. The Morgan fingerprint density at radius 1 is 1.24 bits per heavy atom. The number of halogens is 2. The molecule has 1 N–H and O–H groups in total. The predicted octanol–water partition coefficient (Wildman–Crippen LogP) is 2.67. The standard InChI is InChI=1S/C13H12F2N2/c1-8-16-6-13-4-10(7-17(8)13)9-2-11(14)5-12(15)3-9/h2-3,5-6,10,16H,1,4,7H2/t10-/m1/s1. The van der Waals surface area contributed by atoms with Crippen molar-refractivity contribution in [3.63, 3.8) is 0 Å². The number of rotatable bonds is 1. The first-order valence-corrected chi connectivity index (χ1v) is 5.51. The van der Waals surface area contributed by atoms with E-state index in [1.54, 1.807) is 0 Å². The van der Waals surface area contributed by atoms with E-state index in [9.17, 15) is 8.78 Å².